The van der Waals surface area contributed by atoms with Gasteiger partial charge in [0, 0.05) is 18.3 Å². The fraction of sp³-hybridized carbons (Fsp3) is 0.353. The molecule has 0 unspecified atom stereocenters. The van der Waals surface area contributed by atoms with E-state index < -0.39 is 10.0 Å². The molecule has 1 aliphatic rings. The van der Waals surface area contributed by atoms with Gasteiger partial charge in [0.05, 0.1) is 12.2 Å². The van der Waals surface area contributed by atoms with Gasteiger partial charge >= 0.3 is 0 Å². The lowest BCUT2D eigenvalue weighted by atomic mass is 10.0. The molecule has 7 heteroatoms. The second-order valence-electron chi connectivity index (χ2n) is 5.94. The van der Waals surface area contributed by atoms with Gasteiger partial charge in [-0.25, -0.2) is 8.42 Å². The van der Waals surface area contributed by atoms with Crippen molar-refractivity contribution in [3.05, 3.63) is 46.3 Å². The molecule has 1 amide bonds. The van der Waals surface area contributed by atoms with E-state index >= 15 is 0 Å². The molecule has 0 atom stereocenters. The van der Waals surface area contributed by atoms with E-state index in [1.165, 1.54) is 22.6 Å². The SMILES string of the molecule is CC(=O)NCc1ccc(S(=O)(=O)N2CCCc3cc(C)ccc32)s1. The number of hydrogen-bond donors (Lipinski definition) is 1. The first-order valence-corrected chi connectivity index (χ1v) is 10.1. The van der Waals surface area contributed by atoms with Crippen LogP contribution in [-0.2, 0) is 27.8 Å². The zero-order valence-corrected chi connectivity index (χ0v) is 15.3. The molecule has 0 saturated heterocycles. The Morgan fingerprint density at radius 1 is 1.29 bits per heavy atom. The first-order chi connectivity index (χ1) is 11.4. The number of carbonyl (C=O) groups excluding carboxylic acids is 1. The highest BCUT2D eigenvalue weighted by atomic mass is 32.2. The number of carbonyl (C=O) groups is 1. The van der Waals surface area contributed by atoms with Gasteiger partial charge < -0.3 is 5.32 Å². The molecule has 24 heavy (non-hydrogen) atoms. The Morgan fingerprint density at radius 3 is 2.83 bits per heavy atom. The number of nitrogens with zero attached hydrogens (tertiary/aromatic N) is 1. The lowest BCUT2D eigenvalue weighted by Crippen LogP contribution is -2.35. The number of aryl methyl sites for hydroxylation is 2. The van der Waals surface area contributed by atoms with Crippen LogP contribution in [0.2, 0.25) is 0 Å². The summed E-state index contributed by atoms with van der Waals surface area (Å²) in [5.74, 6) is -0.131. The Morgan fingerprint density at radius 2 is 2.08 bits per heavy atom. The van der Waals surface area contributed by atoms with Crippen LogP contribution in [-0.4, -0.2) is 20.9 Å². The first kappa shape index (κ1) is 17.0. The zero-order chi connectivity index (χ0) is 17.3. The maximum Gasteiger partial charge on any atom is 0.273 e. The molecule has 0 saturated carbocycles. The number of nitrogens with one attached hydrogen (secondary N) is 1. The molecule has 1 N–H and O–H groups in total. The van der Waals surface area contributed by atoms with Crippen molar-refractivity contribution >= 4 is 33.0 Å². The average molecular weight is 364 g/mol. The monoisotopic (exact) mass is 364 g/mol. The molecule has 1 aromatic heterocycles. The zero-order valence-electron chi connectivity index (χ0n) is 13.7. The minimum atomic E-state index is -3.57. The van der Waals surface area contributed by atoms with Crippen molar-refractivity contribution in [3.8, 4) is 0 Å². The van der Waals surface area contributed by atoms with Crippen LogP contribution in [0.25, 0.3) is 0 Å². The summed E-state index contributed by atoms with van der Waals surface area (Å²) in [5, 5.41) is 2.69. The average Bonchev–Trinajstić information content (AvgIpc) is 3.01. The quantitative estimate of drug-likeness (QED) is 0.907. The van der Waals surface area contributed by atoms with E-state index in [9.17, 15) is 13.2 Å². The van der Waals surface area contributed by atoms with Crippen LogP contribution in [0, 0.1) is 6.92 Å². The molecule has 0 fully saturated rings. The molecule has 128 valence electrons. The Labute approximate surface area is 146 Å². The molecule has 0 bridgehead atoms. The number of sulfonamides is 1. The van der Waals surface area contributed by atoms with E-state index in [1.807, 2.05) is 19.1 Å². The number of fused-ring (bicyclic) bond motifs is 1. The standard InChI is InChI=1S/C17H20N2O3S2/c1-12-5-7-16-14(10-12)4-3-9-19(16)24(21,22)17-8-6-15(23-17)11-18-13(2)20/h5-8,10H,3-4,9,11H2,1-2H3,(H,18,20). The van der Waals surface area contributed by atoms with E-state index in [2.05, 4.69) is 11.4 Å². The van der Waals surface area contributed by atoms with Gasteiger partial charge in [-0.1, -0.05) is 17.7 Å². The Hall–Kier alpha value is -1.86. The van der Waals surface area contributed by atoms with E-state index in [1.54, 1.807) is 12.1 Å². The number of benzene rings is 1. The molecular formula is C17H20N2O3S2. The number of hydrogen-bond acceptors (Lipinski definition) is 4. The van der Waals surface area contributed by atoms with Crippen LogP contribution in [0.15, 0.2) is 34.5 Å². The van der Waals surface area contributed by atoms with Crippen molar-refractivity contribution in [2.45, 2.75) is 37.4 Å². The molecule has 5 nitrogen and oxygen atoms in total. The van der Waals surface area contributed by atoms with Crippen LogP contribution < -0.4 is 9.62 Å². The van der Waals surface area contributed by atoms with Gasteiger partial charge in [-0.05, 0) is 43.5 Å². The van der Waals surface area contributed by atoms with Crippen molar-refractivity contribution in [2.24, 2.45) is 0 Å². The largest absolute Gasteiger partial charge is 0.351 e. The minimum absolute atomic E-state index is 0.131. The summed E-state index contributed by atoms with van der Waals surface area (Å²) in [5.41, 5.74) is 3.00. The summed E-state index contributed by atoms with van der Waals surface area (Å²) in [6, 6.07) is 9.29. The number of amides is 1. The molecule has 3 rings (SSSR count). The van der Waals surface area contributed by atoms with Gasteiger partial charge in [0.1, 0.15) is 4.21 Å². The van der Waals surface area contributed by atoms with Crippen molar-refractivity contribution in [1.29, 1.82) is 0 Å². The summed E-state index contributed by atoms with van der Waals surface area (Å²) >= 11 is 1.21. The highest BCUT2D eigenvalue weighted by molar-refractivity contribution is 7.94. The topological polar surface area (TPSA) is 66.5 Å². The molecule has 2 aromatic rings. The third-order valence-electron chi connectivity index (χ3n) is 4.00. The Bertz CT molecular complexity index is 872. The summed E-state index contributed by atoms with van der Waals surface area (Å²) in [4.78, 5) is 11.8. The summed E-state index contributed by atoms with van der Waals surface area (Å²) in [6.45, 7) is 4.31. The van der Waals surface area contributed by atoms with Crippen LogP contribution >= 0.6 is 11.3 Å². The predicted octanol–water partition coefficient (Wildman–Crippen LogP) is 2.83. The molecule has 0 aliphatic carbocycles. The van der Waals surface area contributed by atoms with Gasteiger partial charge in [0.25, 0.3) is 10.0 Å². The van der Waals surface area contributed by atoms with Crippen molar-refractivity contribution < 1.29 is 13.2 Å². The van der Waals surface area contributed by atoms with E-state index in [0.29, 0.717) is 17.3 Å². The van der Waals surface area contributed by atoms with Crippen molar-refractivity contribution in [2.75, 3.05) is 10.8 Å². The van der Waals surface area contributed by atoms with Crippen LogP contribution in [0.4, 0.5) is 5.69 Å². The first-order valence-electron chi connectivity index (χ1n) is 7.83. The normalized spacial score (nSPS) is 14.3. The third-order valence-corrected chi connectivity index (χ3v) is 7.37. The fourth-order valence-electron chi connectivity index (χ4n) is 2.85. The van der Waals surface area contributed by atoms with E-state index in [-0.39, 0.29) is 5.91 Å². The summed E-state index contributed by atoms with van der Waals surface area (Å²) in [6.07, 6.45) is 1.72. The van der Waals surface area contributed by atoms with Crippen molar-refractivity contribution in [3.63, 3.8) is 0 Å². The highest BCUT2D eigenvalue weighted by Gasteiger charge is 2.30. The van der Waals surface area contributed by atoms with Gasteiger partial charge in [-0.2, -0.15) is 0 Å². The molecule has 1 aromatic carbocycles. The van der Waals surface area contributed by atoms with Gasteiger partial charge in [-0.15, -0.1) is 11.3 Å². The molecule has 0 radical (unpaired) electrons. The van der Waals surface area contributed by atoms with Gasteiger partial charge in [0.15, 0.2) is 0 Å². The molecule has 0 spiro atoms. The summed E-state index contributed by atoms with van der Waals surface area (Å²) < 4.78 is 27.9. The second kappa shape index (κ2) is 6.57. The lowest BCUT2D eigenvalue weighted by Gasteiger charge is -2.30. The smallest absolute Gasteiger partial charge is 0.273 e. The highest BCUT2D eigenvalue weighted by Crippen LogP contribution is 2.34. The molecule has 1 aliphatic heterocycles. The lowest BCUT2D eigenvalue weighted by molar-refractivity contribution is -0.119. The number of thiophene rings is 1. The molecular weight excluding hydrogens is 344 g/mol. The summed E-state index contributed by atoms with van der Waals surface area (Å²) in [7, 11) is -3.57. The van der Waals surface area contributed by atoms with E-state index in [0.717, 1.165) is 34.5 Å². The number of anilines is 1. The number of rotatable bonds is 4. The molecule has 2 heterocycles. The second-order valence-corrected chi connectivity index (χ2v) is 9.20. The Kier molecular flexibility index (Phi) is 4.64. The van der Waals surface area contributed by atoms with Crippen LogP contribution in [0.3, 0.4) is 0 Å². The van der Waals surface area contributed by atoms with Gasteiger partial charge in [-0.3, -0.25) is 9.10 Å². The van der Waals surface area contributed by atoms with Crippen molar-refractivity contribution in [1.82, 2.24) is 5.32 Å². The predicted molar refractivity (Wildman–Crippen MR) is 95.9 cm³/mol. The maximum absolute atomic E-state index is 13.0. The maximum atomic E-state index is 13.0. The van der Waals surface area contributed by atoms with Gasteiger partial charge in [0.2, 0.25) is 5.91 Å². The van der Waals surface area contributed by atoms with Crippen LogP contribution in [0.5, 0.6) is 0 Å². The van der Waals surface area contributed by atoms with Crippen LogP contribution in [0.1, 0.15) is 29.3 Å². The third kappa shape index (κ3) is 3.32. The van der Waals surface area contributed by atoms with E-state index in [4.69, 9.17) is 0 Å². The fourth-order valence-corrected chi connectivity index (χ4v) is 5.80. The Balaban J connectivity index is 1.91. The minimum Gasteiger partial charge on any atom is -0.351 e.